The van der Waals surface area contributed by atoms with Gasteiger partial charge in [-0.3, -0.25) is 4.79 Å². The molecule has 0 radical (unpaired) electrons. The van der Waals surface area contributed by atoms with E-state index in [4.69, 9.17) is 5.11 Å². The molecule has 0 amide bonds. The molecule has 0 fully saturated rings. The van der Waals surface area contributed by atoms with Crippen molar-refractivity contribution in [2.24, 2.45) is 0 Å². The zero-order chi connectivity index (χ0) is 14.4. The highest BCUT2D eigenvalue weighted by molar-refractivity contribution is 5.73. The van der Waals surface area contributed by atoms with E-state index in [0.717, 1.165) is 0 Å². The van der Waals surface area contributed by atoms with Crippen LogP contribution in [0.5, 0.6) is 0 Å². The maximum Gasteiger partial charge on any atom is 0.320 e. The first kappa shape index (κ1) is 15.4. The van der Waals surface area contributed by atoms with Crippen LogP contribution in [0, 0.1) is 5.82 Å². The largest absolute Gasteiger partial charge is 0.480 e. The number of para-hydroxylation sites is 1. The highest BCUT2D eigenvalue weighted by Crippen LogP contribution is 2.17. The first-order valence-corrected chi connectivity index (χ1v) is 6.36. The molecule has 1 unspecified atom stereocenters. The maximum absolute atomic E-state index is 13.6. The molecule has 0 bridgehead atoms. The van der Waals surface area contributed by atoms with E-state index in [1.807, 2.05) is 13.8 Å². The lowest BCUT2D eigenvalue weighted by molar-refractivity contribution is -0.139. The fourth-order valence-corrected chi connectivity index (χ4v) is 1.88. The molecule has 0 heterocycles. The number of nitrogens with one attached hydrogen (secondary N) is 1. The molecule has 19 heavy (non-hydrogen) atoms. The summed E-state index contributed by atoms with van der Waals surface area (Å²) < 4.78 is 13.6. The lowest BCUT2D eigenvalue weighted by Crippen LogP contribution is -2.42. The van der Waals surface area contributed by atoms with Crippen LogP contribution in [0.25, 0.3) is 0 Å². The molecular weight excluding hydrogens is 247 g/mol. The van der Waals surface area contributed by atoms with Gasteiger partial charge in [-0.2, -0.15) is 0 Å². The molecule has 0 aliphatic carbocycles. The Morgan fingerprint density at radius 1 is 1.42 bits per heavy atom. The molecule has 0 spiro atoms. The molecule has 1 atom stereocenters. The average molecular weight is 268 g/mol. The Morgan fingerprint density at radius 2 is 2.05 bits per heavy atom. The minimum Gasteiger partial charge on any atom is -0.480 e. The van der Waals surface area contributed by atoms with Gasteiger partial charge in [0.2, 0.25) is 0 Å². The molecule has 5 heteroatoms. The van der Waals surface area contributed by atoms with Gasteiger partial charge in [0.05, 0.1) is 5.69 Å². The van der Waals surface area contributed by atoms with Crippen molar-refractivity contribution >= 4 is 11.7 Å². The van der Waals surface area contributed by atoms with E-state index < -0.39 is 12.0 Å². The van der Waals surface area contributed by atoms with Crippen molar-refractivity contribution in [3.63, 3.8) is 0 Å². The summed E-state index contributed by atoms with van der Waals surface area (Å²) >= 11 is 0. The average Bonchev–Trinajstić information content (AvgIpc) is 2.34. The van der Waals surface area contributed by atoms with Crippen LogP contribution in [0.2, 0.25) is 0 Å². The van der Waals surface area contributed by atoms with Gasteiger partial charge in [-0.05, 0) is 18.6 Å². The number of rotatable bonds is 7. The Balaban J connectivity index is 2.59. The predicted molar refractivity (Wildman–Crippen MR) is 74.0 cm³/mol. The molecule has 0 aliphatic heterocycles. The number of hydrogen-bond acceptors (Lipinski definition) is 3. The van der Waals surface area contributed by atoms with Crippen LogP contribution in [0.4, 0.5) is 10.1 Å². The van der Waals surface area contributed by atoms with Crippen LogP contribution in [0.3, 0.4) is 0 Å². The second-order valence-electron chi connectivity index (χ2n) is 4.87. The smallest absolute Gasteiger partial charge is 0.320 e. The number of hydrogen-bond donors (Lipinski definition) is 2. The van der Waals surface area contributed by atoms with Gasteiger partial charge in [0, 0.05) is 19.6 Å². The Labute approximate surface area is 113 Å². The third kappa shape index (κ3) is 4.87. The third-order valence-electron chi connectivity index (χ3n) is 2.85. The van der Waals surface area contributed by atoms with Crippen LogP contribution in [-0.2, 0) is 4.79 Å². The summed E-state index contributed by atoms with van der Waals surface area (Å²) in [6.07, 6.45) is 0.415. The lowest BCUT2D eigenvalue weighted by atomic mass is 10.1. The van der Waals surface area contributed by atoms with Gasteiger partial charge in [-0.15, -0.1) is 0 Å². The van der Waals surface area contributed by atoms with Crippen molar-refractivity contribution in [1.82, 2.24) is 5.32 Å². The highest BCUT2D eigenvalue weighted by atomic mass is 19.1. The quantitative estimate of drug-likeness (QED) is 0.795. The first-order valence-electron chi connectivity index (χ1n) is 6.36. The van der Waals surface area contributed by atoms with E-state index in [9.17, 15) is 9.18 Å². The molecular formula is C14H21FN2O2. The molecule has 2 N–H and O–H groups in total. The standard InChI is InChI=1S/C14H21FN2O2/c1-10(2)16-12(14(18)19)8-9-17(3)13-7-5-4-6-11(13)15/h4-7,10,12,16H,8-9H2,1-3H3,(H,18,19). The number of carboxylic acids is 1. The van der Waals surface area contributed by atoms with E-state index in [-0.39, 0.29) is 11.9 Å². The van der Waals surface area contributed by atoms with E-state index >= 15 is 0 Å². The highest BCUT2D eigenvalue weighted by Gasteiger charge is 2.19. The fourth-order valence-electron chi connectivity index (χ4n) is 1.88. The van der Waals surface area contributed by atoms with Gasteiger partial charge < -0.3 is 15.3 Å². The summed E-state index contributed by atoms with van der Waals surface area (Å²) in [7, 11) is 1.76. The molecule has 0 aromatic heterocycles. The van der Waals surface area contributed by atoms with Crippen LogP contribution >= 0.6 is 0 Å². The number of benzene rings is 1. The monoisotopic (exact) mass is 268 g/mol. The lowest BCUT2D eigenvalue weighted by Gasteiger charge is -2.23. The van der Waals surface area contributed by atoms with Crippen molar-refractivity contribution in [1.29, 1.82) is 0 Å². The van der Waals surface area contributed by atoms with Crippen LogP contribution in [0.1, 0.15) is 20.3 Å². The Kier molecular flexibility index (Phi) is 5.76. The van der Waals surface area contributed by atoms with Crippen molar-refractivity contribution in [3.05, 3.63) is 30.1 Å². The van der Waals surface area contributed by atoms with Crippen LogP contribution in [-0.4, -0.2) is 36.8 Å². The number of aliphatic carboxylic acids is 1. The molecule has 1 rings (SSSR count). The van der Waals surface area contributed by atoms with Crippen LogP contribution < -0.4 is 10.2 Å². The summed E-state index contributed by atoms with van der Waals surface area (Å²) in [5.41, 5.74) is 0.483. The Bertz CT molecular complexity index is 424. The molecule has 106 valence electrons. The fraction of sp³-hybridized carbons (Fsp3) is 0.500. The third-order valence-corrected chi connectivity index (χ3v) is 2.85. The Hall–Kier alpha value is -1.62. The van der Waals surface area contributed by atoms with Crippen LogP contribution in [0.15, 0.2) is 24.3 Å². The molecule has 0 saturated heterocycles. The summed E-state index contributed by atoms with van der Waals surface area (Å²) in [5, 5.41) is 12.1. The van der Waals surface area contributed by atoms with E-state index in [2.05, 4.69) is 5.32 Å². The van der Waals surface area contributed by atoms with Crippen molar-refractivity contribution in [3.8, 4) is 0 Å². The molecule has 1 aromatic carbocycles. The summed E-state index contributed by atoms with van der Waals surface area (Å²) in [4.78, 5) is 12.8. The Morgan fingerprint density at radius 3 is 2.58 bits per heavy atom. The first-order chi connectivity index (χ1) is 8.91. The van der Waals surface area contributed by atoms with Gasteiger partial charge in [-0.1, -0.05) is 26.0 Å². The topological polar surface area (TPSA) is 52.6 Å². The zero-order valence-corrected chi connectivity index (χ0v) is 11.6. The van der Waals surface area contributed by atoms with Gasteiger partial charge in [0.25, 0.3) is 0 Å². The number of halogens is 1. The second-order valence-corrected chi connectivity index (χ2v) is 4.87. The summed E-state index contributed by atoms with van der Waals surface area (Å²) in [6, 6.07) is 5.95. The molecule has 1 aromatic rings. The number of carboxylic acid groups (broad SMARTS) is 1. The van der Waals surface area contributed by atoms with Gasteiger partial charge >= 0.3 is 5.97 Å². The summed E-state index contributed by atoms with van der Waals surface area (Å²) in [6.45, 7) is 4.27. The maximum atomic E-state index is 13.6. The number of nitrogens with zero attached hydrogens (tertiary/aromatic N) is 1. The van der Waals surface area contributed by atoms with Crippen molar-refractivity contribution in [2.75, 3.05) is 18.5 Å². The molecule has 0 aliphatic rings. The van der Waals surface area contributed by atoms with E-state index in [0.29, 0.717) is 18.7 Å². The summed E-state index contributed by atoms with van der Waals surface area (Å²) in [5.74, 6) is -1.18. The number of anilines is 1. The number of carbonyl (C=O) groups is 1. The van der Waals surface area contributed by atoms with Gasteiger partial charge in [0.15, 0.2) is 0 Å². The van der Waals surface area contributed by atoms with Crippen molar-refractivity contribution < 1.29 is 14.3 Å². The minimum atomic E-state index is -0.879. The van der Waals surface area contributed by atoms with E-state index in [1.165, 1.54) is 6.07 Å². The molecule has 0 saturated carbocycles. The van der Waals surface area contributed by atoms with E-state index in [1.54, 1.807) is 30.1 Å². The van der Waals surface area contributed by atoms with Gasteiger partial charge in [0.1, 0.15) is 11.9 Å². The normalized spacial score (nSPS) is 12.5. The van der Waals surface area contributed by atoms with Crippen molar-refractivity contribution in [2.45, 2.75) is 32.4 Å². The SMILES string of the molecule is CC(C)NC(CCN(C)c1ccccc1F)C(=O)O. The molecule has 4 nitrogen and oxygen atoms in total. The zero-order valence-electron chi connectivity index (χ0n) is 11.6. The second kappa shape index (κ2) is 7.09. The minimum absolute atomic E-state index is 0.0971. The predicted octanol–water partition coefficient (Wildman–Crippen LogP) is 2.10. The van der Waals surface area contributed by atoms with Gasteiger partial charge in [-0.25, -0.2) is 4.39 Å².